The van der Waals surface area contributed by atoms with Crippen LogP contribution in [0, 0.1) is 5.92 Å². The van der Waals surface area contributed by atoms with E-state index in [1.54, 1.807) is 0 Å². The predicted molar refractivity (Wildman–Crippen MR) is 44.5 cm³/mol. The minimum Gasteiger partial charge on any atom is -0.373 e. The molecule has 1 N–H and O–H groups in total. The lowest BCUT2D eigenvalue weighted by Crippen LogP contribution is -2.43. The van der Waals surface area contributed by atoms with Crippen molar-refractivity contribution >= 4 is 0 Å². The number of nitrogens with one attached hydrogen (secondary N) is 1. The minimum absolute atomic E-state index is 0.424. The van der Waals surface area contributed by atoms with Crippen LogP contribution in [0.4, 0.5) is 0 Å². The third-order valence-electron chi connectivity index (χ3n) is 2.52. The number of hydrogen-bond donors (Lipinski definition) is 1. The van der Waals surface area contributed by atoms with Gasteiger partial charge in [-0.3, -0.25) is 0 Å². The summed E-state index contributed by atoms with van der Waals surface area (Å²) in [6.45, 7) is 4.24. The van der Waals surface area contributed by atoms with Crippen LogP contribution in [0.2, 0.25) is 0 Å². The summed E-state index contributed by atoms with van der Waals surface area (Å²) in [6.07, 6.45) is 5.10. The first kappa shape index (κ1) is 7.56. The highest BCUT2D eigenvalue weighted by atomic mass is 16.5. The molecule has 2 fully saturated rings. The molecule has 2 aliphatic rings. The van der Waals surface area contributed by atoms with Crippen LogP contribution < -0.4 is 5.32 Å². The summed E-state index contributed by atoms with van der Waals surface area (Å²) in [6, 6.07) is 0. The van der Waals surface area contributed by atoms with Crippen LogP contribution in [0.1, 0.15) is 26.2 Å². The molecule has 1 heterocycles. The first-order valence-corrected chi connectivity index (χ1v) is 4.71. The number of ether oxygens (including phenoxy) is 1. The molecule has 0 aromatic carbocycles. The molecule has 1 saturated carbocycles. The van der Waals surface area contributed by atoms with Crippen molar-refractivity contribution in [2.75, 3.05) is 13.1 Å². The van der Waals surface area contributed by atoms with Gasteiger partial charge in [-0.15, -0.1) is 0 Å². The Labute approximate surface area is 68.3 Å². The van der Waals surface area contributed by atoms with Crippen LogP contribution in [0.25, 0.3) is 0 Å². The second kappa shape index (κ2) is 3.11. The average molecular weight is 155 g/mol. The maximum absolute atomic E-state index is 5.77. The molecule has 0 radical (unpaired) electrons. The van der Waals surface area contributed by atoms with Gasteiger partial charge >= 0.3 is 0 Å². The van der Waals surface area contributed by atoms with Gasteiger partial charge in [0, 0.05) is 13.1 Å². The highest BCUT2D eigenvalue weighted by molar-refractivity contribution is 4.80. The Bertz CT molecular complexity index is 132. The summed E-state index contributed by atoms with van der Waals surface area (Å²) in [5.74, 6) is 0.993. The van der Waals surface area contributed by atoms with E-state index in [0.717, 1.165) is 19.0 Å². The molecule has 2 nitrogen and oxygen atoms in total. The van der Waals surface area contributed by atoms with Crippen LogP contribution in [-0.2, 0) is 4.74 Å². The third-order valence-corrected chi connectivity index (χ3v) is 2.52. The van der Waals surface area contributed by atoms with Crippen LogP contribution in [-0.4, -0.2) is 25.3 Å². The molecular formula is C9H17NO. The van der Waals surface area contributed by atoms with E-state index >= 15 is 0 Å². The standard InChI is InChI=1S/C9H17NO/c1-7-5-10-6-9(11-7)4-8-2-3-8/h7-10H,2-6H2,1H3/t7-,9+/m1/s1. The minimum atomic E-state index is 0.424. The van der Waals surface area contributed by atoms with E-state index in [4.69, 9.17) is 4.74 Å². The van der Waals surface area contributed by atoms with E-state index in [-0.39, 0.29) is 0 Å². The van der Waals surface area contributed by atoms with Crippen LogP contribution in [0.5, 0.6) is 0 Å². The van der Waals surface area contributed by atoms with E-state index in [1.165, 1.54) is 19.3 Å². The Hall–Kier alpha value is -0.0800. The Morgan fingerprint density at radius 2 is 2.18 bits per heavy atom. The molecule has 2 rings (SSSR count). The molecule has 0 aromatic rings. The lowest BCUT2D eigenvalue weighted by molar-refractivity contribution is -0.0332. The second-order valence-corrected chi connectivity index (χ2v) is 3.91. The van der Waals surface area contributed by atoms with Crippen LogP contribution in [0.15, 0.2) is 0 Å². The Morgan fingerprint density at radius 1 is 1.36 bits per heavy atom. The van der Waals surface area contributed by atoms with Gasteiger partial charge in [0.25, 0.3) is 0 Å². The summed E-state index contributed by atoms with van der Waals surface area (Å²) < 4.78 is 5.77. The fourth-order valence-corrected chi connectivity index (χ4v) is 1.74. The normalized spacial score (nSPS) is 39.0. The highest BCUT2D eigenvalue weighted by Crippen LogP contribution is 2.34. The second-order valence-electron chi connectivity index (χ2n) is 3.91. The SMILES string of the molecule is C[C@@H]1CNC[C@H](CC2CC2)O1. The molecule has 0 aromatic heterocycles. The molecule has 1 aliphatic carbocycles. The van der Waals surface area contributed by atoms with Crippen LogP contribution >= 0.6 is 0 Å². The van der Waals surface area contributed by atoms with Crippen molar-refractivity contribution < 1.29 is 4.74 Å². The molecular weight excluding hydrogens is 138 g/mol. The molecule has 1 saturated heterocycles. The van der Waals surface area contributed by atoms with Gasteiger partial charge in [-0.05, 0) is 19.3 Å². The van der Waals surface area contributed by atoms with Gasteiger partial charge in [-0.1, -0.05) is 12.8 Å². The quantitative estimate of drug-likeness (QED) is 0.646. The van der Waals surface area contributed by atoms with Crippen molar-refractivity contribution in [3.63, 3.8) is 0 Å². The summed E-state index contributed by atoms with van der Waals surface area (Å²) >= 11 is 0. The zero-order valence-corrected chi connectivity index (χ0v) is 7.18. The van der Waals surface area contributed by atoms with Gasteiger partial charge in [0.2, 0.25) is 0 Å². The van der Waals surface area contributed by atoms with Crippen molar-refractivity contribution in [1.82, 2.24) is 5.32 Å². The van der Waals surface area contributed by atoms with E-state index in [2.05, 4.69) is 12.2 Å². The van der Waals surface area contributed by atoms with E-state index in [1.807, 2.05) is 0 Å². The van der Waals surface area contributed by atoms with Gasteiger partial charge in [0.05, 0.1) is 12.2 Å². The van der Waals surface area contributed by atoms with Gasteiger partial charge in [-0.2, -0.15) is 0 Å². The van der Waals surface area contributed by atoms with Crippen molar-refractivity contribution in [3.05, 3.63) is 0 Å². The zero-order valence-electron chi connectivity index (χ0n) is 7.18. The van der Waals surface area contributed by atoms with Crippen molar-refractivity contribution in [1.29, 1.82) is 0 Å². The lowest BCUT2D eigenvalue weighted by atomic mass is 10.1. The molecule has 11 heavy (non-hydrogen) atoms. The van der Waals surface area contributed by atoms with E-state index in [0.29, 0.717) is 12.2 Å². The molecule has 64 valence electrons. The fourth-order valence-electron chi connectivity index (χ4n) is 1.74. The number of hydrogen-bond acceptors (Lipinski definition) is 2. The highest BCUT2D eigenvalue weighted by Gasteiger charge is 2.28. The van der Waals surface area contributed by atoms with Crippen LogP contribution in [0.3, 0.4) is 0 Å². The predicted octanol–water partition coefficient (Wildman–Crippen LogP) is 1.16. The van der Waals surface area contributed by atoms with E-state index in [9.17, 15) is 0 Å². The summed E-state index contributed by atoms with van der Waals surface area (Å²) in [7, 11) is 0. The molecule has 1 aliphatic heterocycles. The topological polar surface area (TPSA) is 21.3 Å². The fraction of sp³-hybridized carbons (Fsp3) is 1.00. The maximum Gasteiger partial charge on any atom is 0.0706 e. The first-order chi connectivity index (χ1) is 5.34. The summed E-state index contributed by atoms with van der Waals surface area (Å²) in [5, 5.41) is 3.39. The Morgan fingerprint density at radius 3 is 2.82 bits per heavy atom. The summed E-state index contributed by atoms with van der Waals surface area (Å²) in [4.78, 5) is 0. The molecule has 2 heteroatoms. The van der Waals surface area contributed by atoms with Gasteiger partial charge in [0.1, 0.15) is 0 Å². The Kier molecular flexibility index (Phi) is 2.14. The summed E-state index contributed by atoms with van der Waals surface area (Å²) in [5.41, 5.74) is 0. The van der Waals surface area contributed by atoms with Crippen molar-refractivity contribution in [3.8, 4) is 0 Å². The van der Waals surface area contributed by atoms with Gasteiger partial charge in [-0.25, -0.2) is 0 Å². The first-order valence-electron chi connectivity index (χ1n) is 4.71. The zero-order chi connectivity index (χ0) is 7.68. The largest absolute Gasteiger partial charge is 0.373 e. The molecule has 0 amide bonds. The molecule has 2 atom stereocenters. The Balaban J connectivity index is 1.73. The molecule has 0 unspecified atom stereocenters. The number of morpholine rings is 1. The monoisotopic (exact) mass is 155 g/mol. The molecule has 0 bridgehead atoms. The smallest absolute Gasteiger partial charge is 0.0706 e. The van der Waals surface area contributed by atoms with Gasteiger partial charge in [0.15, 0.2) is 0 Å². The average Bonchev–Trinajstić information content (AvgIpc) is 2.71. The van der Waals surface area contributed by atoms with Crippen molar-refractivity contribution in [2.24, 2.45) is 5.92 Å². The maximum atomic E-state index is 5.77. The lowest BCUT2D eigenvalue weighted by Gasteiger charge is -2.28. The third kappa shape index (κ3) is 2.17. The molecule has 0 spiro atoms. The van der Waals surface area contributed by atoms with E-state index < -0.39 is 0 Å². The number of rotatable bonds is 2. The van der Waals surface area contributed by atoms with Crippen molar-refractivity contribution in [2.45, 2.75) is 38.4 Å². The van der Waals surface area contributed by atoms with Gasteiger partial charge < -0.3 is 10.1 Å².